The average Bonchev–Trinajstić information content (AvgIpc) is 3.83. The number of nitrogens with one attached hydrogen (secondary N) is 5. The number of aliphatic hydroxyl groups is 2. The maximum Gasteiger partial charge on any atom is 0.329 e. The lowest BCUT2D eigenvalue weighted by Gasteiger charge is -2.43. The molecule has 2 aromatic carbocycles. The van der Waals surface area contributed by atoms with Crippen molar-refractivity contribution in [3.8, 4) is 5.75 Å². The number of amides is 8. The van der Waals surface area contributed by atoms with Crippen molar-refractivity contribution in [1.82, 2.24) is 41.3 Å². The summed E-state index contributed by atoms with van der Waals surface area (Å²) in [5.74, 6) is -8.39. The van der Waals surface area contributed by atoms with Gasteiger partial charge in [0.1, 0.15) is 66.1 Å². The highest BCUT2D eigenvalue weighted by atomic mass is 16.5. The van der Waals surface area contributed by atoms with Crippen molar-refractivity contribution in [3.63, 3.8) is 0 Å². The van der Waals surface area contributed by atoms with Gasteiger partial charge in [0, 0.05) is 32.9 Å². The van der Waals surface area contributed by atoms with Gasteiger partial charge >= 0.3 is 5.97 Å². The molecule has 0 aliphatic carbocycles. The van der Waals surface area contributed by atoms with E-state index in [0.29, 0.717) is 36.9 Å². The Hall–Kier alpha value is -6.87. The zero-order valence-corrected chi connectivity index (χ0v) is 41.3. The van der Waals surface area contributed by atoms with Crippen LogP contribution in [0.15, 0.2) is 66.4 Å². The van der Waals surface area contributed by atoms with Crippen molar-refractivity contribution in [2.24, 2.45) is 5.92 Å². The minimum atomic E-state index is -1.85. The van der Waals surface area contributed by atoms with E-state index in [4.69, 9.17) is 4.74 Å². The largest absolute Gasteiger partial charge is 0.508 e. The Morgan fingerprint density at radius 3 is 2.14 bits per heavy atom. The number of ether oxygens (including phenoxy) is 1. The molecule has 8 N–H and O–H groups in total. The number of phenolic OH excluding ortho intramolecular Hbond substituents is 1. The third kappa shape index (κ3) is 13.7. The molecule has 3 saturated heterocycles. The topological polar surface area (TPSA) is 293 Å². The molecule has 21 nitrogen and oxygen atoms in total. The molecule has 0 aromatic heterocycles. The minimum absolute atomic E-state index is 0.0613. The van der Waals surface area contributed by atoms with Crippen LogP contribution in [-0.4, -0.2) is 158 Å². The summed E-state index contributed by atoms with van der Waals surface area (Å²) in [6.45, 7) is 9.25. The standard InChI is InChI=1S/C50H68N8O13/c1-8-14-38(61)57-24-13-17-35(57)44(64)54-41(28(5)59)46(66)55-42-29(6)71-50(70)40(27(3)4)53-45(65)36(25-31-18-20-32(60)21-19-31)56(7)49(69)37(26-30-15-11-10-12-16-30)58-39(62)23-22-34(48(58)68)52-43(63)33(9-2)51-47(42)67/h9-12,15-16,18-21,27-29,34-37,39-42,59-60,62H,8,13-14,17,22-26H2,1-7H3,(H,51,67)(H,52,63)(H,53,65)(H,54,64)(H,55,66). The first kappa shape index (κ1) is 55.1. The number of phenols is 1. The lowest BCUT2D eigenvalue weighted by Crippen LogP contribution is -2.64. The number of hydrogen-bond acceptors (Lipinski definition) is 13. The van der Waals surface area contributed by atoms with E-state index in [-0.39, 0.29) is 43.8 Å². The first-order valence-electron chi connectivity index (χ1n) is 24.1. The molecule has 0 radical (unpaired) electrons. The number of allylic oxidation sites excluding steroid dienone is 1. The van der Waals surface area contributed by atoms with Gasteiger partial charge < -0.3 is 61.3 Å². The van der Waals surface area contributed by atoms with Crippen LogP contribution in [0.1, 0.15) is 91.2 Å². The fourth-order valence-electron chi connectivity index (χ4n) is 8.96. The van der Waals surface area contributed by atoms with Gasteiger partial charge in [-0.3, -0.25) is 38.4 Å². The van der Waals surface area contributed by atoms with Gasteiger partial charge in [-0.2, -0.15) is 0 Å². The van der Waals surface area contributed by atoms with Gasteiger partial charge in [0.15, 0.2) is 0 Å². The van der Waals surface area contributed by atoms with E-state index in [2.05, 4.69) is 26.6 Å². The summed E-state index contributed by atoms with van der Waals surface area (Å²) in [6, 6.07) is 4.46. The highest BCUT2D eigenvalue weighted by Crippen LogP contribution is 2.26. The van der Waals surface area contributed by atoms with Gasteiger partial charge in [0.05, 0.1) is 6.10 Å². The molecule has 2 bridgehead atoms. The van der Waals surface area contributed by atoms with Crippen molar-refractivity contribution in [3.05, 3.63) is 77.5 Å². The van der Waals surface area contributed by atoms with Crippen molar-refractivity contribution in [1.29, 1.82) is 0 Å². The van der Waals surface area contributed by atoms with Crippen LogP contribution in [0, 0.1) is 5.92 Å². The smallest absolute Gasteiger partial charge is 0.329 e. The number of esters is 1. The van der Waals surface area contributed by atoms with E-state index >= 15 is 0 Å². The highest BCUT2D eigenvalue weighted by Gasteiger charge is 2.46. The molecule has 10 atom stereocenters. The predicted octanol–water partition coefficient (Wildman–Crippen LogP) is 0.0462. The maximum absolute atomic E-state index is 15.0. The van der Waals surface area contributed by atoms with Crippen LogP contribution in [0.4, 0.5) is 0 Å². The predicted molar refractivity (Wildman–Crippen MR) is 256 cm³/mol. The average molecular weight is 989 g/mol. The highest BCUT2D eigenvalue weighted by molar-refractivity contribution is 6.03. The van der Waals surface area contributed by atoms with E-state index in [1.165, 1.54) is 50.9 Å². The monoisotopic (exact) mass is 988 g/mol. The number of nitrogens with zero attached hydrogens (tertiary/aromatic N) is 3. The minimum Gasteiger partial charge on any atom is -0.508 e. The van der Waals surface area contributed by atoms with Crippen LogP contribution in [0.3, 0.4) is 0 Å². The van der Waals surface area contributed by atoms with Gasteiger partial charge in [0.2, 0.25) is 35.4 Å². The third-order valence-electron chi connectivity index (χ3n) is 13.0. The molecule has 3 aliphatic rings. The molecule has 0 spiro atoms. The third-order valence-corrected chi connectivity index (χ3v) is 13.0. The van der Waals surface area contributed by atoms with Crippen molar-refractivity contribution in [2.75, 3.05) is 13.6 Å². The quantitative estimate of drug-likeness (QED) is 0.103. The second kappa shape index (κ2) is 24.8. The van der Waals surface area contributed by atoms with Crippen LogP contribution in [0.25, 0.3) is 0 Å². The summed E-state index contributed by atoms with van der Waals surface area (Å²) in [7, 11) is 1.35. The number of carbonyl (C=O) groups excluding carboxylic acids is 9. The van der Waals surface area contributed by atoms with Gasteiger partial charge in [-0.25, -0.2) is 4.79 Å². The first-order chi connectivity index (χ1) is 33.7. The molecule has 3 aliphatic heterocycles. The van der Waals surface area contributed by atoms with E-state index in [1.807, 2.05) is 6.92 Å². The van der Waals surface area contributed by atoms with Gasteiger partial charge in [-0.05, 0) is 82.1 Å². The number of hydrogen-bond donors (Lipinski definition) is 8. The summed E-state index contributed by atoms with van der Waals surface area (Å²) < 4.78 is 5.83. The summed E-state index contributed by atoms with van der Waals surface area (Å²) in [5, 5.41) is 45.1. The number of aliphatic hydroxyl groups excluding tert-OH is 2. The lowest BCUT2D eigenvalue weighted by molar-refractivity contribution is -0.165. The molecule has 71 heavy (non-hydrogen) atoms. The molecule has 2 aromatic rings. The number of carbonyl (C=O) groups is 9. The number of likely N-dealkylation sites (tertiary alicyclic amines) is 1. The molecule has 386 valence electrons. The molecule has 21 heteroatoms. The van der Waals surface area contributed by atoms with Crippen LogP contribution in [0.2, 0.25) is 0 Å². The first-order valence-corrected chi connectivity index (χ1v) is 24.1. The molecule has 0 saturated carbocycles. The molecule has 10 unspecified atom stereocenters. The number of rotatable bonds is 12. The Kier molecular flexibility index (Phi) is 19.2. The number of fused-ring (bicyclic) bond motifs is 2. The Morgan fingerprint density at radius 1 is 0.873 bits per heavy atom. The van der Waals surface area contributed by atoms with Gasteiger partial charge in [-0.15, -0.1) is 0 Å². The SMILES string of the molecule is CC=C1NC(=O)C(NC(=O)C(NC(=O)C2CCCN2C(=O)CCC)C(C)O)C(C)OC(=O)C(C(C)C)NC(=O)C(Cc2ccc(O)cc2)N(C)C(=O)C(Cc2ccccc2)N2C(=O)C(CCC2O)NC1=O. The lowest BCUT2D eigenvalue weighted by atomic mass is 9.95. The second-order valence-corrected chi connectivity index (χ2v) is 18.6. The normalized spacial score (nSPS) is 26.6. The molecular formula is C50H68N8O13. The van der Waals surface area contributed by atoms with Crippen LogP contribution in [-0.2, 0) is 60.7 Å². The fourth-order valence-corrected chi connectivity index (χ4v) is 8.96. The summed E-state index contributed by atoms with van der Waals surface area (Å²) in [5.41, 5.74) is 0.689. The van der Waals surface area contributed by atoms with E-state index in [0.717, 1.165) is 9.80 Å². The van der Waals surface area contributed by atoms with Gasteiger partial charge in [-0.1, -0.05) is 69.3 Å². The number of likely N-dealkylation sites (N-methyl/N-ethyl adjacent to an activating group) is 1. The number of piperidine rings is 1. The number of aromatic hydroxyl groups is 1. The fraction of sp³-hybridized carbons (Fsp3) is 0.540. The van der Waals surface area contributed by atoms with E-state index < -0.39 is 120 Å². The zero-order chi connectivity index (χ0) is 52.3. The van der Waals surface area contributed by atoms with Gasteiger partial charge in [0.25, 0.3) is 11.8 Å². The Morgan fingerprint density at radius 2 is 1.52 bits per heavy atom. The Balaban J connectivity index is 1.56. The molecule has 3 fully saturated rings. The number of cyclic esters (lactones) is 1. The maximum atomic E-state index is 15.0. The van der Waals surface area contributed by atoms with Crippen LogP contribution < -0.4 is 26.6 Å². The van der Waals surface area contributed by atoms with Crippen LogP contribution >= 0.6 is 0 Å². The second-order valence-electron chi connectivity index (χ2n) is 18.6. The Bertz CT molecular complexity index is 2310. The van der Waals surface area contributed by atoms with Crippen molar-refractivity contribution >= 4 is 53.2 Å². The summed E-state index contributed by atoms with van der Waals surface area (Å²) in [4.78, 5) is 131. The molecule has 8 amide bonds. The molecule has 3 heterocycles. The molecular weight excluding hydrogens is 921 g/mol. The molecule has 5 rings (SSSR count). The summed E-state index contributed by atoms with van der Waals surface area (Å²) in [6.07, 6.45) is -2.31. The van der Waals surface area contributed by atoms with Crippen molar-refractivity contribution in [2.45, 2.75) is 154 Å². The van der Waals surface area contributed by atoms with Crippen LogP contribution in [0.5, 0.6) is 5.75 Å². The van der Waals surface area contributed by atoms with E-state index in [1.54, 1.807) is 56.3 Å². The van der Waals surface area contributed by atoms with E-state index in [9.17, 15) is 58.5 Å². The Labute approximate surface area is 413 Å². The van der Waals surface area contributed by atoms with Crippen molar-refractivity contribution < 1.29 is 63.2 Å². The number of benzene rings is 2. The summed E-state index contributed by atoms with van der Waals surface area (Å²) >= 11 is 0. The zero-order valence-electron chi connectivity index (χ0n) is 41.3.